The molecule has 1 atom stereocenters. The molecule has 0 aromatic heterocycles. The van der Waals surface area contributed by atoms with Crippen molar-refractivity contribution >= 4 is 11.9 Å². The van der Waals surface area contributed by atoms with Crippen LogP contribution >= 0.6 is 0 Å². The van der Waals surface area contributed by atoms with Crippen LogP contribution in [-0.2, 0) is 19.1 Å². The van der Waals surface area contributed by atoms with Gasteiger partial charge in [0.1, 0.15) is 0 Å². The maximum absolute atomic E-state index is 11.8. The Kier molecular flexibility index (Phi) is 8.04. The lowest BCUT2D eigenvalue weighted by molar-refractivity contribution is -0.386. The minimum atomic E-state index is -2.50. The summed E-state index contributed by atoms with van der Waals surface area (Å²) in [6.07, 6.45) is 0.195. The normalized spacial score (nSPS) is 13.9. The van der Waals surface area contributed by atoms with Crippen LogP contribution in [0.4, 0.5) is 0 Å². The first-order valence-electron chi connectivity index (χ1n) is 7.85. The van der Waals surface area contributed by atoms with E-state index in [1.54, 1.807) is 27.7 Å². The molecule has 130 valence electrons. The minimum absolute atomic E-state index is 0.0848. The summed E-state index contributed by atoms with van der Waals surface area (Å²) in [5.74, 6) is -4.09. The van der Waals surface area contributed by atoms with E-state index in [0.717, 1.165) is 0 Å². The summed E-state index contributed by atoms with van der Waals surface area (Å²) in [4.78, 5) is 23.6. The molecule has 0 saturated carbocycles. The van der Waals surface area contributed by atoms with Gasteiger partial charge in [-0.25, -0.2) is 0 Å². The van der Waals surface area contributed by atoms with Gasteiger partial charge in [0, 0.05) is 12.8 Å². The molecule has 0 radical (unpaired) electrons. The summed E-state index contributed by atoms with van der Waals surface area (Å²) in [5.41, 5.74) is -1.38. The van der Waals surface area contributed by atoms with Crippen molar-refractivity contribution in [3.63, 3.8) is 0 Å². The van der Waals surface area contributed by atoms with Crippen LogP contribution in [-0.4, -0.2) is 34.2 Å². The van der Waals surface area contributed by atoms with Crippen molar-refractivity contribution in [2.24, 2.45) is 11.3 Å². The van der Waals surface area contributed by atoms with Crippen LogP contribution in [0.25, 0.3) is 0 Å². The molecule has 6 nitrogen and oxygen atoms in total. The van der Waals surface area contributed by atoms with E-state index in [1.165, 1.54) is 13.8 Å². The number of hydrogen-bond donors (Lipinski definition) is 2. The third-order valence-electron chi connectivity index (χ3n) is 3.60. The number of ether oxygens (including phenoxy) is 2. The maximum atomic E-state index is 11.8. The fourth-order valence-electron chi connectivity index (χ4n) is 2.12. The minimum Gasteiger partial charge on any atom is -0.398 e. The highest BCUT2D eigenvalue weighted by Crippen LogP contribution is 2.40. The highest BCUT2D eigenvalue weighted by Gasteiger charge is 2.56. The average molecular weight is 318 g/mol. The standard InChI is InChI=1S/C16H30O6/c1-7-9-12(17)21-16(20,22-13(18)10-8-2)15(5,6)14(19)11(3)4/h11,14,19-20H,7-10H2,1-6H3. The van der Waals surface area contributed by atoms with Gasteiger partial charge in [0.25, 0.3) is 0 Å². The number of aliphatic hydroxyl groups is 2. The maximum Gasteiger partial charge on any atom is 0.381 e. The largest absolute Gasteiger partial charge is 0.398 e. The van der Waals surface area contributed by atoms with Crippen molar-refractivity contribution in [2.75, 3.05) is 0 Å². The zero-order chi connectivity index (χ0) is 17.6. The summed E-state index contributed by atoms with van der Waals surface area (Å²) < 4.78 is 10.1. The fraction of sp³-hybridized carbons (Fsp3) is 0.875. The first-order valence-corrected chi connectivity index (χ1v) is 7.85. The number of hydrogen-bond acceptors (Lipinski definition) is 6. The monoisotopic (exact) mass is 318 g/mol. The lowest BCUT2D eigenvalue weighted by Gasteiger charge is -2.43. The second kappa shape index (κ2) is 8.48. The smallest absolute Gasteiger partial charge is 0.381 e. The number of rotatable bonds is 9. The Bertz CT molecular complexity index is 355. The molecule has 0 heterocycles. The highest BCUT2D eigenvalue weighted by molar-refractivity contribution is 5.71. The Labute approximate surface area is 132 Å². The summed E-state index contributed by atoms with van der Waals surface area (Å²) in [6.45, 7) is 10.1. The van der Waals surface area contributed by atoms with Gasteiger partial charge < -0.3 is 19.7 Å². The van der Waals surface area contributed by atoms with Crippen LogP contribution in [0.5, 0.6) is 0 Å². The van der Waals surface area contributed by atoms with Gasteiger partial charge in [0.2, 0.25) is 0 Å². The lowest BCUT2D eigenvalue weighted by atomic mass is 9.78. The van der Waals surface area contributed by atoms with E-state index in [2.05, 4.69) is 0 Å². The quantitative estimate of drug-likeness (QED) is 0.501. The van der Waals surface area contributed by atoms with E-state index in [4.69, 9.17) is 9.47 Å². The van der Waals surface area contributed by atoms with E-state index in [9.17, 15) is 19.8 Å². The Balaban J connectivity index is 5.47. The van der Waals surface area contributed by atoms with Crippen molar-refractivity contribution < 1.29 is 29.3 Å². The van der Waals surface area contributed by atoms with Gasteiger partial charge in [0.15, 0.2) is 0 Å². The molecule has 0 bridgehead atoms. The first-order chi connectivity index (χ1) is 10.0. The molecule has 22 heavy (non-hydrogen) atoms. The summed E-state index contributed by atoms with van der Waals surface area (Å²) >= 11 is 0. The highest BCUT2D eigenvalue weighted by atomic mass is 16.8. The second-order valence-corrected chi connectivity index (χ2v) is 6.44. The Morgan fingerprint density at radius 3 is 1.64 bits per heavy atom. The molecule has 0 aliphatic carbocycles. The zero-order valence-corrected chi connectivity index (χ0v) is 14.5. The summed E-state index contributed by atoms with van der Waals surface area (Å²) in [5, 5.41) is 21.0. The van der Waals surface area contributed by atoms with Gasteiger partial charge >= 0.3 is 17.9 Å². The topological polar surface area (TPSA) is 93.1 Å². The van der Waals surface area contributed by atoms with Crippen LogP contribution in [0.1, 0.15) is 67.2 Å². The number of aliphatic hydroxyl groups excluding tert-OH is 1. The average Bonchev–Trinajstić information content (AvgIpc) is 2.37. The molecular weight excluding hydrogens is 288 g/mol. The number of esters is 2. The van der Waals surface area contributed by atoms with Crippen LogP contribution in [0.2, 0.25) is 0 Å². The fourth-order valence-corrected chi connectivity index (χ4v) is 2.12. The van der Waals surface area contributed by atoms with Crippen LogP contribution < -0.4 is 0 Å². The molecule has 0 aliphatic heterocycles. The molecule has 1 unspecified atom stereocenters. The van der Waals surface area contributed by atoms with E-state index in [-0.39, 0.29) is 18.8 Å². The number of carbonyl (C=O) groups is 2. The predicted octanol–water partition coefficient (Wildman–Crippen LogP) is 2.36. The van der Waals surface area contributed by atoms with Crippen LogP contribution in [0.3, 0.4) is 0 Å². The second-order valence-electron chi connectivity index (χ2n) is 6.44. The van der Waals surface area contributed by atoms with Crippen molar-refractivity contribution in [1.29, 1.82) is 0 Å². The van der Waals surface area contributed by atoms with Gasteiger partial charge in [0.05, 0.1) is 11.5 Å². The Hall–Kier alpha value is -1.14. The lowest BCUT2D eigenvalue weighted by Crippen LogP contribution is -2.58. The van der Waals surface area contributed by atoms with Crippen molar-refractivity contribution in [3.8, 4) is 0 Å². The van der Waals surface area contributed by atoms with Crippen molar-refractivity contribution in [2.45, 2.75) is 79.3 Å². The molecular formula is C16H30O6. The molecule has 6 heteroatoms. The number of carbonyl (C=O) groups excluding carboxylic acids is 2. The zero-order valence-electron chi connectivity index (χ0n) is 14.5. The van der Waals surface area contributed by atoms with E-state index in [1.807, 2.05) is 0 Å². The molecule has 0 fully saturated rings. The van der Waals surface area contributed by atoms with E-state index in [0.29, 0.717) is 12.8 Å². The van der Waals surface area contributed by atoms with Gasteiger partial charge in [-0.2, -0.15) is 0 Å². The molecule has 0 spiro atoms. The predicted molar refractivity (Wildman–Crippen MR) is 81.6 cm³/mol. The van der Waals surface area contributed by atoms with E-state index < -0.39 is 29.4 Å². The summed E-state index contributed by atoms with van der Waals surface area (Å²) in [7, 11) is 0. The molecule has 0 aliphatic rings. The van der Waals surface area contributed by atoms with Gasteiger partial charge in [-0.1, -0.05) is 27.7 Å². The van der Waals surface area contributed by atoms with Gasteiger partial charge in [-0.3, -0.25) is 9.59 Å². The molecule has 0 rings (SSSR count). The Morgan fingerprint density at radius 2 is 1.36 bits per heavy atom. The SMILES string of the molecule is CCCC(=O)OC(O)(OC(=O)CCC)C(C)(C)C(O)C(C)C. The molecule has 0 aromatic rings. The van der Waals surface area contributed by atoms with Crippen molar-refractivity contribution in [1.82, 2.24) is 0 Å². The molecule has 2 N–H and O–H groups in total. The van der Waals surface area contributed by atoms with Crippen molar-refractivity contribution in [3.05, 3.63) is 0 Å². The van der Waals surface area contributed by atoms with Crippen LogP contribution in [0.15, 0.2) is 0 Å². The summed E-state index contributed by atoms with van der Waals surface area (Å²) in [6, 6.07) is 0. The third-order valence-corrected chi connectivity index (χ3v) is 3.60. The molecule has 0 aromatic carbocycles. The third kappa shape index (κ3) is 5.25. The van der Waals surface area contributed by atoms with Gasteiger partial charge in [-0.15, -0.1) is 0 Å². The molecule has 0 amide bonds. The first kappa shape index (κ1) is 20.9. The molecule has 0 saturated heterocycles. The van der Waals surface area contributed by atoms with Crippen LogP contribution in [0, 0.1) is 11.3 Å². The Morgan fingerprint density at radius 1 is 1.00 bits per heavy atom. The van der Waals surface area contributed by atoms with E-state index >= 15 is 0 Å². The van der Waals surface area contributed by atoms with Gasteiger partial charge in [-0.05, 0) is 32.6 Å².